The Morgan fingerprint density at radius 1 is 0.745 bits per heavy atom. The van der Waals surface area contributed by atoms with E-state index >= 15 is 0 Å². The third kappa shape index (κ3) is 9.56. The molecule has 0 aromatic heterocycles. The summed E-state index contributed by atoms with van der Waals surface area (Å²) >= 11 is 7.05. The zero-order valence-electron chi connectivity index (χ0n) is 30.7. The van der Waals surface area contributed by atoms with Crippen LogP contribution in [0.25, 0.3) is 0 Å². The van der Waals surface area contributed by atoms with Gasteiger partial charge in [-0.15, -0.1) is 0 Å². The summed E-state index contributed by atoms with van der Waals surface area (Å²) < 4.78 is 132. The van der Waals surface area contributed by atoms with Gasteiger partial charge < -0.3 is 9.80 Å². The van der Waals surface area contributed by atoms with Crippen LogP contribution >= 0.6 is 11.6 Å². The van der Waals surface area contributed by atoms with Gasteiger partial charge in [-0.1, -0.05) is 57.5 Å². The Balaban J connectivity index is 1.51. The first kappa shape index (κ1) is 43.1. The van der Waals surface area contributed by atoms with Crippen molar-refractivity contribution in [2.45, 2.75) is 86.5 Å². The summed E-state index contributed by atoms with van der Waals surface area (Å²) in [4.78, 5) is 3.24. The summed E-state index contributed by atoms with van der Waals surface area (Å²) in [5.41, 5.74) is 3.32. The maximum absolute atomic E-state index is 12.0. The molecule has 3 aliphatic rings. The van der Waals surface area contributed by atoms with Crippen LogP contribution in [0.1, 0.15) is 70.9 Å². The Labute approximate surface area is 328 Å². The van der Waals surface area contributed by atoms with Gasteiger partial charge >= 0.3 is 0 Å². The van der Waals surface area contributed by atoms with Crippen LogP contribution in [-0.2, 0) is 51.3 Å². The number of hydrogen-bond donors (Lipinski definition) is 4. The average Bonchev–Trinajstić information content (AvgIpc) is 3.39. The highest BCUT2D eigenvalue weighted by molar-refractivity contribution is 7.86. The number of nitrogens with zero attached hydrogens (tertiary/aromatic N) is 2. The molecule has 1 atom stereocenters. The van der Waals surface area contributed by atoms with Crippen molar-refractivity contribution in [2.24, 2.45) is 0 Å². The van der Waals surface area contributed by atoms with Crippen molar-refractivity contribution in [3.63, 3.8) is 0 Å². The predicted octanol–water partition coefficient (Wildman–Crippen LogP) is 6.04. The quantitative estimate of drug-likeness (QED) is 0.169. The first-order chi connectivity index (χ1) is 25.2. The Morgan fingerprint density at radius 2 is 1.29 bits per heavy atom. The first-order valence-electron chi connectivity index (χ1n) is 17.4. The number of fused-ring (bicyclic) bond motifs is 2. The zero-order valence-corrected chi connectivity index (χ0v) is 34.7. The highest BCUT2D eigenvalue weighted by atomic mass is 35.5. The fourth-order valence-corrected chi connectivity index (χ4v) is 10.0. The lowest BCUT2D eigenvalue weighted by Crippen LogP contribution is -2.41. The van der Waals surface area contributed by atoms with Crippen LogP contribution in [0.2, 0.25) is 0 Å². The van der Waals surface area contributed by atoms with Gasteiger partial charge in [0.25, 0.3) is 40.5 Å². The molecule has 1 unspecified atom stereocenters. The summed E-state index contributed by atoms with van der Waals surface area (Å²) in [6, 6.07) is 8.07. The fourth-order valence-electron chi connectivity index (χ4n) is 7.72. The van der Waals surface area contributed by atoms with E-state index in [1.54, 1.807) is 12.1 Å². The van der Waals surface area contributed by atoms with Crippen LogP contribution in [0.3, 0.4) is 0 Å². The van der Waals surface area contributed by atoms with Crippen LogP contribution in [0.4, 0.5) is 11.4 Å². The Morgan fingerprint density at radius 3 is 1.85 bits per heavy atom. The van der Waals surface area contributed by atoms with E-state index in [1.807, 2.05) is 61.8 Å². The number of rotatable bonds is 13. The molecule has 4 N–H and O–H groups in total. The topological polar surface area (TPSA) is 224 Å². The van der Waals surface area contributed by atoms with Crippen molar-refractivity contribution >= 4 is 63.4 Å². The second-order valence-corrected chi connectivity index (χ2v) is 21.4. The van der Waals surface area contributed by atoms with E-state index in [2.05, 4.69) is 0 Å². The number of benzene rings is 2. The molecule has 0 bridgehead atoms. The lowest BCUT2D eigenvalue weighted by atomic mass is 9.80. The Hall–Kier alpha value is -3.07. The normalized spacial score (nSPS) is 21.6. The average molecular weight is 861 g/mol. The SMILES string of the molecule is CC1(C)C(=CC=C2CCCC(C=CC3N(CCCS(=O)(=O)O)c4ccc(S(=O)(=O)O)cc4C3(C)C)=C2Cl)N(CCCS(=O)(=O)O)c2ccc(S(=O)(=O)O)cc21. The third-order valence-electron chi connectivity index (χ3n) is 10.5. The molecule has 0 radical (unpaired) electrons. The van der Waals surface area contributed by atoms with E-state index in [0.29, 0.717) is 46.1 Å². The van der Waals surface area contributed by atoms with Crippen molar-refractivity contribution in [3.8, 4) is 0 Å². The van der Waals surface area contributed by atoms with Crippen LogP contribution in [0.5, 0.6) is 0 Å². The molecule has 0 saturated heterocycles. The van der Waals surface area contributed by atoms with E-state index in [-0.39, 0.29) is 35.7 Å². The van der Waals surface area contributed by atoms with Gasteiger partial charge in [-0.3, -0.25) is 18.2 Å². The Bertz CT molecular complexity index is 2450. The van der Waals surface area contributed by atoms with Crippen LogP contribution in [0.15, 0.2) is 92.4 Å². The maximum atomic E-state index is 12.0. The van der Waals surface area contributed by atoms with Gasteiger partial charge in [0, 0.05) is 46.0 Å². The van der Waals surface area contributed by atoms with E-state index in [0.717, 1.165) is 17.6 Å². The molecule has 55 heavy (non-hydrogen) atoms. The predicted molar refractivity (Wildman–Crippen MR) is 211 cm³/mol. The fraction of sp³-hybridized carbons (Fsp3) is 0.444. The molecule has 0 spiro atoms. The highest BCUT2D eigenvalue weighted by Gasteiger charge is 2.44. The molecule has 0 fully saturated rings. The van der Waals surface area contributed by atoms with Gasteiger partial charge in [0.2, 0.25) is 0 Å². The molecular formula is C36H45ClN2O12S4. The van der Waals surface area contributed by atoms with Crippen LogP contribution < -0.4 is 9.80 Å². The molecule has 0 saturated carbocycles. The molecule has 2 aliphatic heterocycles. The van der Waals surface area contributed by atoms with Crippen molar-refractivity contribution in [1.29, 1.82) is 0 Å². The zero-order chi connectivity index (χ0) is 40.9. The molecule has 302 valence electrons. The second-order valence-electron chi connectivity index (χ2n) is 15.0. The van der Waals surface area contributed by atoms with Crippen molar-refractivity contribution in [3.05, 3.63) is 93.7 Å². The minimum absolute atomic E-state index is 0.0727. The molecule has 1 aliphatic carbocycles. The number of hydrogen-bond acceptors (Lipinski definition) is 10. The summed E-state index contributed by atoms with van der Waals surface area (Å²) in [6.45, 7) is 7.97. The first-order valence-corrected chi connectivity index (χ1v) is 23.9. The van der Waals surface area contributed by atoms with Crippen LogP contribution in [0, 0.1) is 0 Å². The van der Waals surface area contributed by atoms with E-state index in [9.17, 15) is 51.9 Å². The van der Waals surface area contributed by atoms with Gasteiger partial charge in [0.05, 0.1) is 27.3 Å². The van der Waals surface area contributed by atoms with E-state index in [1.165, 1.54) is 24.3 Å². The summed E-state index contributed by atoms with van der Waals surface area (Å²) in [7, 11) is -17.5. The van der Waals surface area contributed by atoms with Crippen LogP contribution in [-0.4, -0.2) is 82.5 Å². The summed E-state index contributed by atoms with van der Waals surface area (Å²) in [6.07, 6.45) is 9.72. The monoisotopic (exact) mass is 860 g/mol. The number of anilines is 2. The molecular weight excluding hydrogens is 816 g/mol. The third-order valence-corrected chi connectivity index (χ3v) is 14.3. The largest absolute Gasteiger partial charge is 0.364 e. The van der Waals surface area contributed by atoms with Gasteiger partial charge in [0.15, 0.2) is 0 Å². The lowest BCUT2D eigenvalue weighted by Gasteiger charge is -2.32. The highest BCUT2D eigenvalue weighted by Crippen LogP contribution is 2.50. The van der Waals surface area contributed by atoms with Crippen molar-refractivity contribution < 1.29 is 51.9 Å². The second kappa shape index (κ2) is 15.4. The number of halogens is 1. The minimum atomic E-state index is -4.51. The molecule has 5 rings (SSSR count). The van der Waals surface area contributed by atoms with Gasteiger partial charge in [-0.05, 0) is 96.9 Å². The molecule has 2 heterocycles. The molecule has 2 aromatic rings. The van der Waals surface area contributed by atoms with E-state index < -0.39 is 68.9 Å². The molecule has 14 nitrogen and oxygen atoms in total. The maximum Gasteiger partial charge on any atom is 0.294 e. The smallest absolute Gasteiger partial charge is 0.294 e. The van der Waals surface area contributed by atoms with Gasteiger partial charge in [-0.25, -0.2) is 0 Å². The van der Waals surface area contributed by atoms with Crippen molar-refractivity contribution in [1.82, 2.24) is 0 Å². The number of allylic oxidation sites excluding steroid dienone is 7. The van der Waals surface area contributed by atoms with Gasteiger partial charge in [0.1, 0.15) is 0 Å². The molecule has 2 aromatic carbocycles. The van der Waals surface area contributed by atoms with Crippen molar-refractivity contribution in [2.75, 3.05) is 34.4 Å². The standard InChI is InChI=1S/C36H45ClN2O12S4/c1-35(2)28-22-26(54(46,47)48)12-14-30(28)38(18-6-20-52(40,41)42)32(35)16-10-24-8-5-9-25(34(24)37)11-17-33-36(3,4)29-23-27(55(49,50)51)13-15-31(29)39(33)19-7-21-53(43,44)45/h10-17,22-23,32H,5-9,18-21H2,1-4H3,(H,40,41,42)(H,43,44,45)(H,46,47,48)(H,49,50,51). The summed E-state index contributed by atoms with van der Waals surface area (Å²) in [5.74, 6) is -0.954. The molecule has 19 heteroatoms. The Kier molecular flexibility index (Phi) is 12.0. The molecule has 0 amide bonds. The van der Waals surface area contributed by atoms with E-state index in [4.69, 9.17) is 11.6 Å². The lowest BCUT2D eigenvalue weighted by molar-refractivity contribution is 0.466. The summed E-state index contributed by atoms with van der Waals surface area (Å²) in [5, 5.41) is 0.499. The minimum Gasteiger partial charge on any atom is -0.364 e. The van der Waals surface area contributed by atoms with Gasteiger partial charge in [-0.2, -0.15) is 33.7 Å².